The monoisotopic (exact) mass is 487 g/mol. The molecule has 1 aromatic heterocycles. The van der Waals surface area contributed by atoms with E-state index in [9.17, 15) is 8.42 Å². The van der Waals surface area contributed by atoms with Gasteiger partial charge in [0.15, 0.2) is 0 Å². The summed E-state index contributed by atoms with van der Waals surface area (Å²) in [6.45, 7) is 3.47. The molecule has 0 spiro atoms. The molecule has 35 heavy (non-hydrogen) atoms. The summed E-state index contributed by atoms with van der Waals surface area (Å²) in [6.07, 6.45) is 0.773. The molecule has 8 heteroatoms. The molecule has 1 aliphatic heterocycles. The molecule has 0 radical (unpaired) electrons. The standard InChI is InChI=1S/C27H29N5O2S/c33-35(34,24-14-8-3-9-15-24)28-20-27-30-29-26-16-17-31(18-19-32(26)27)21-25(22-10-4-1-5-11-22)23-12-6-2-7-13-23/h1-15,25,28H,16-21H2. The highest BCUT2D eigenvalue weighted by Crippen LogP contribution is 2.26. The van der Waals surface area contributed by atoms with Gasteiger partial charge in [-0.2, -0.15) is 0 Å². The van der Waals surface area contributed by atoms with Crippen molar-refractivity contribution in [2.45, 2.75) is 30.3 Å². The van der Waals surface area contributed by atoms with Crippen molar-refractivity contribution in [1.82, 2.24) is 24.4 Å². The number of hydrogen-bond acceptors (Lipinski definition) is 5. The minimum absolute atomic E-state index is 0.112. The Hall–Kier alpha value is -3.33. The fourth-order valence-electron chi connectivity index (χ4n) is 4.61. The van der Waals surface area contributed by atoms with Crippen molar-refractivity contribution in [2.75, 3.05) is 19.6 Å². The lowest BCUT2D eigenvalue weighted by Crippen LogP contribution is -2.32. The van der Waals surface area contributed by atoms with Crippen molar-refractivity contribution >= 4 is 10.0 Å². The number of nitrogens with zero attached hydrogens (tertiary/aromatic N) is 4. The second-order valence-corrected chi connectivity index (χ2v) is 10.5. The van der Waals surface area contributed by atoms with Gasteiger partial charge in [0.1, 0.15) is 11.6 Å². The summed E-state index contributed by atoms with van der Waals surface area (Å²) >= 11 is 0. The van der Waals surface area contributed by atoms with E-state index in [0.717, 1.165) is 38.4 Å². The Morgan fingerprint density at radius 1 is 0.771 bits per heavy atom. The van der Waals surface area contributed by atoms with Crippen LogP contribution in [-0.2, 0) is 29.5 Å². The van der Waals surface area contributed by atoms with Gasteiger partial charge < -0.3 is 9.47 Å². The molecule has 3 aromatic carbocycles. The zero-order valence-electron chi connectivity index (χ0n) is 19.5. The van der Waals surface area contributed by atoms with Crippen LogP contribution in [0.25, 0.3) is 0 Å². The third-order valence-electron chi connectivity index (χ3n) is 6.51. The Labute approximate surface area is 206 Å². The van der Waals surface area contributed by atoms with Crippen LogP contribution in [0.2, 0.25) is 0 Å². The first kappa shape index (κ1) is 23.4. The molecule has 180 valence electrons. The summed E-state index contributed by atoms with van der Waals surface area (Å²) in [7, 11) is -3.60. The van der Waals surface area contributed by atoms with Gasteiger partial charge in [0.2, 0.25) is 10.0 Å². The first-order chi connectivity index (χ1) is 17.1. The molecule has 7 nitrogen and oxygen atoms in total. The van der Waals surface area contributed by atoms with E-state index in [4.69, 9.17) is 0 Å². The Morgan fingerprint density at radius 2 is 1.37 bits per heavy atom. The van der Waals surface area contributed by atoms with Crippen LogP contribution < -0.4 is 4.72 Å². The van der Waals surface area contributed by atoms with Gasteiger partial charge in [0, 0.05) is 38.5 Å². The van der Waals surface area contributed by atoms with Gasteiger partial charge in [-0.3, -0.25) is 0 Å². The predicted molar refractivity (Wildman–Crippen MR) is 135 cm³/mol. The van der Waals surface area contributed by atoms with Crippen molar-refractivity contribution < 1.29 is 8.42 Å². The molecule has 0 atom stereocenters. The van der Waals surface area contributed by atoms with Crippen molar-refractivity contribution in [3.8, 4) is 0 Å². The lowest BCUT2D eigenvalue weighted by atomic mass is 9.90. The van der Waals surface area contributed by atoms with Gasteiger partial charge in [-0.1, -0.05) is 78.9 Å². The Bertz CT molecular complexity index is 1300. The molecule has 0 bridgehead atoms. The lowest BCUT2D eigenvalue weighted by Gasteiger charge is -2.27. The summed E-state index contributed by atoms with van der Waals surface area (Å²) in [6, 6.07) is 29.7. The van der Waals surface area contributed by atoms with E-state index in [1.54, 1.807) is 30.3 Å². The van der Waals surface area contributed by atoms with E-state index in [1.165, 1.54) is 11.1 Å². The predicted octanol–water partition coefficient (Wildman–Crippen LogP) is 3.45. The van der Waals surface area contributed by atoms with Gasteiger partial charge in [0.05, 0.1) is 11.4 Å². The molecule has 4 aromatic rings. The maximum atomic E-state index is 12.6. The van der Waals surface area contributed by atoms with E-state index in [2.05, 4.69) is 85.1 Å². The summed E-state index contributed by atoms with van der Waals surface area (Å²) in [4.78, 5) is 2.71. The van der Waals surface area contributed by atoms with Gasteiger partial charge in [-0.15, -0.1) is 10.2 Å². The van der Waals surface area contributed by atoms with Crippen LogP contribution in [0.5, 0.6) is 0 Å². The summed E-state index contributed by atoms with van der Waals surface area (Å²) in [5.41, 5.74) is 2.61. The van der Waals surface area contributed by atoms with Crippen LogP contribution in [0.3, 0.4) is 0 Å². The van der Waals surface area contributed by atoms with Crippen molar-refractivity contribution in [2.24, 2.45) is 0 Å². The number of sulfonamides is 1. The average Bonchev–Trinajstić information content (AvgIpc) is 3.19. The Balaban J connectivity index is 1.28. The molecule has 0 amide bonds. The first-order valence-corrected chi connectivity index (χ1v) is 13.4. The third-order valence-corrected chi connectivity index (χ3v) is 7.93. The van der Waals surface area contributed by atoms with Crippen LogP contribution in [-0.4, -0.2) is 47.7 Å². The van der Waals surface area contributed by atoms with Gasteiger partial charge in [0.25, 0.3) is 0 Å². The van der Waals surface area contributed by atoms with E-state index in [0.29, 0.717) is 5.82 Å². The second kappa shape index (κ2) is 10.5. The molecular weight excluding hydrogens is 458 g/mol. The average molecular weight is 488 g/mol. The highest BCUT2D eigenvalue weighted by molar-refractivity contribution is 7.89. The molecule has 2 heterocycles. The molecule has 1 aliphatic rings. The van der Waals surface area contributed by atoms with Crippen LogP contribution in [0.4, 0.5) is 0 Å². The number of nitrogens with one attached hydrogen (secondary N) is 1. The van der Waals surface area contributed by atoms with Crippen molar-refractivity contribution in [1.29, 1.82) is 0 Å². The summed E-state index contributed by atoms with van der Waals surface area (Å²) < 4.78 is 30.0. The molecule has 0 saturated heterocycles. The number of benzene rings is 3. The fraction of sp³-hybridized carbons (Fsp3) is 0.259. The first-order valence-electron chi connectivity index (χ1n) is 11.9. The lowest BCUT2D eigenvalue weighted by molar-refractivity contribution is 0.270. The minimum atomic E-state index is -3.60. The van der Waals surface area contributed by atoms with Crippen LogP contribution in [0.15, 0.2) is 95.9 Å². The maximum Gasteiger partial charge on any atom is 0.240 e. The fourth-order valence-corrected chi connectivity index (χ4v) is 5.62. The second-order valence-electron chi connectivity index (χ2n) is 8.75. The highest BCUT2D eigenvalue weighted by Gasteiger charge is 2.23. The molecule has 5 rings (SSSR count). The maximum absolute atomic E-state index is 12.6. The van der Waals surface area contributed by atoms with E-state index < -0.39 is 10.0 Å². The number of aromatic nitrogens is 3. The highest BCUT2D eigenvalue weighted by atomic mass is 32.2. The number of hydrogen-bond donors (Lipinski definition) is 1. The zero-order valence-corrected chi connectivity index (χ0v) is 20.3. The number of rotatable bonds is 8. The van der Waals surface area contributed by atoms with Gasteiger partial charge >= 0.3 is 0 Å². The van der Waals surface area contributed by atoms with Crippen molar-refractivity contribution in [3.05, 3.63) is 114 Å². The van der Waals surface area contributed by atoms with Crippen LogP contribution >= 0.6 is 0 Å². The normalized spacial score (nSPS) is 14.5. The van der Waals surface area contributed by atoms with Gasteiger partial charge in [-0.25, -0.2) is 13.1 Å². The quantitative estimate of drug-likeness (QED) is 0.412. The largest absolute Gasteiger partial charge is 0.313 e. The summed E-state index contributed by atoms with van der Waals surface area (Å²) in [5.74, 6) is 1.82. The Morgan fingerprint density at radius 3 is 2.00 bits per heavy atom. The van der Waals surface area contributed by atoms with Crippen LogP contribution in [0, 0.1) is 0 Å². The molecule has 0 aliphatic carbocycles. The SMILES string of the molecule is O=S(=O)(NCc1nnc2n1CCN(CC(c1ccccc1)c1ccccc1)CC2)c1ccccc1. The third kappa shape index (κ3) is 5.51. The smallest absolute Gasteiger partial charge is 0.240 e. The molecule has 0 fully saturated rings. The molecule has 1 N–H and O–H groups in total. The Kier molecular flexibility index (Phi) is 7.03. The molecular formula is C27H29N5O2S. The van der Waals surface area contributed by atoms with E-state index in [1.807, 2.05) is 0 Å². The minimum Gasteiger partial charge on any atom is -0.313 e. The zero-order chi connectivity index (χ0) is 24.1. The van der Waals surface area contributed by atoms with Gasteiger partial charge in [-0.05, 0) is 23.3 Å². The summed E-state index contributed by atoms with van der Waals surface area (Å²) in [5, 5.41) is 8.66. The topological polar surface area (TPSA) is 80.1 Å². The van der Waals surface area contributed by atoms with Crippen molar-refractivity contribution in [3.63, 3.8) is 0 Å². The van der Waals surface area contributed by atoms with Crippen LogP contribution in [0.1, 0.15) is 28.7 Å². The molecule has 0 saturated carbocycles. The number of fused-ring (bicyclic) bond motifs is 1. The van der Waals surface area contributed by atoms with E-state index >= 15 is 0 Å². The molecule has 0 unspecified atom stereocenters. The van der Waals surface area contributed by atoms with E-state index in [-0.39, 0.29) is 17.4 Å².